The fourth-order valence-electron chi connectivity index (χ4n) is 4.05. The summed E-state index contributed by atoms with van der Waals surface area (Å²) >= 11 is 0. The molecule has 0 aliphatic carbocycles. The van der Waals surface area contributed by atoms with Gasteiger partial charge in [-0.05, 0) is 62.7 Å². The van der Waals surface area contributed by atoms with Crippen LogP contribution in [-0.4, -0.2) is 35.4 Å². The zero-order chi connectivity index (χ0) is 28.4. The molecule has 0 aliphatic heterocycles. The second kappa shape index (κ2) is 10.6. The number of nitrogens with zero attached hydrogens (tertiary/aromatic N) is 6. The van der Waals surface area contributed by atoms with Crippen LogP contribution in [0.2, 0.25) is 0 Å². The van der Waals surface area contributed by atoms with Crippen LogP contribution in [0.4, 0.5) is 30.5 Å². The number of hydrogen-bond acceptors (Lipinski definition) is 7. The summed E-state index contributed by atoms with van der Waals surface area (Å²) in [7, 11) is 0. The van der Waals surface area contributed by atoms with E-state index in [1.165, 1.54) is 29.2 Å². The number of anilines is 3. The summed E-state index contributed by atoms with van der Waals surface area (Å²) in [5.41, 5.74) is 3.40. The molecule has 5 aromatic rings. The first-order valence-corrected chi connectivity index (χ1v) is 12.1. The number of aromatic nitrogens is 6. The maximum absolute atomic E-state index is 13.7. The van der Waals surface area contributed by atoms with Crippen LogP contribution in [0.25, 0.3) is 17.1 Å². The van der Waals surface area contributed by atoms with Crippen molar-refractivity contribution in [3.05, 3.63) is 102 Å². The van der Waals surface area contributed by atoms with Gasteiger partial charge in [-0.3, -0.25) is 14.8 Å². The molecule has 3 heterocycles. The van der Waals surface area contributed by atoms with Crippen LogP contribution in [-0.2, 0) is 6.18 Å². The number of aryl methyl sites for hydroxylation is 3. The van der Waals surface area contributed by atoms with Crippen LogP contribution < -0.4 is 10.6 Å². The van der Waals surface area contributed by atoms with E-state index < -0.39 is 17.6 Å². The molecule has 0 unspecified atom stereocenters. The highest BCUT2D eigenvalue weighted by molar-refractivity contribution is 6.05. The predicted molar refractivity (Wildman–Crippen MR) is 144 cm³/mol. The molecule has 0 aliphatic rings. The molecule has 9 nitrogen and oxygen atoms in total. The van der Waals surface area contributed by atoms with Gasteiger partial charge in [0.05, 0.1) is 34.7 Å². The number of carbonyl (C=O) groups excluding carboxylic acids is 1. The summed E-state index contributed by atoms with van der Waals surface area (Å²) in [4.78, 5) is 34.5. The smallest absolute Gasteiger partial charge is 0.324 e. The van der Waals surface area contributed by atoms with E-state index in [1.807, 2.05) is 13.8 Å². The summed E-state index contributed by atoms with van der Waals surface area (Å²) < 4.78 is 42.2. The highest BCUT2D eigenvalue weighted by Crippen LogP contribution is 2.35. The minimum absolute atomic E-state index is 0.146. The van der Waals surface area contributed by atoms with Crippen LogP contribution in [0.5, 0.6) is 0 Å². The fraction of sp³-hybridized carbons (Fsp3) is 0.143. The van der Waals surface area contributed by atoms with Gasteiger partial charge in [0, 0.05) is 41.7 Å². The maximum atomic E-state index is 13.7. The molecule has 12 heteroatoms. The molecule has 0 saturated carbocycles. The van der Waals surface area contributed by atoms with Gasteiger partial charge in [-0.1, -0.05) is 6.07 Å². The maximum Gasteiger partial charge on any atom is 0.418 e. The normalized spacial score (nSPS) is 11.3. The van der Waals surface area contributed by atoms with E-state index in [1.54, 1.807) is 49.8 Å². The Labute approximate surface area is 227 Å². The molecule has 202 valence electrons. The number of amides is 1. The van der Waals surface area contributed by atoms with E-state index in [0.717, 1.165) is 17.3 Å². The van der Waals surface area contributed by atoms with Crippen molar-refractivity contribution in [2.45, 2.75) is 26.9 Å². The topological polar surface area (TPSA) is 111 Å². The zero-order valence-electron chi connectivity index (χ0n) is 21.7. The Hall–Kier alpha value is -5.13. The summed E-state index contributed by atoms with van der Waals surface area (Å²) in [6.07, 6.45) is 2.97. The van der Waals surface area contributed by atoms with Gasteiger partial charge >= 0.3 is 6.18 Å². The Morgan fingerprint density at radius 2 is 1.70 bits per heavy atom. The number of carbonyl (C=O) groups is 1. The first-order valence-electron chi connectivity index (χ1n) is 12.1. The van der Waals surface area contributed by atoms with Crippen LogP contribution in [0.15, 0.2) is 73.6 Å². The fourth-order valence-corrected chi connectivity index (χ4v) is 4.05. The first kappa shape index (κ1) is 26.5. The SMILES string of the molecule is Cc1cn(-c2cc(NC(=O)c3ccc(C)c(Nc4nccc(-c5nccnc5C)n4)c3)ccc2C(F)(F)F)cn1. The average molecular weight is 545 g/mol. The van der Waals surface area contributed by atoms with E-state index >= 15 is 0 Å². The Morgan fingerprint density at radius 3 is 2.42 bits per heavy atom. The van der Waals surface area contributed by atoms with Crippen LogP contribution in [0.1, 0.15) is 32.9 Å². The van der Waals surface area contributed by atoms with E-state index in [0.29, 0.717) is 28.7 Å². The van der Waals surface area contributed by atoms with Crippen molar-refractivity contribution in [3.8, 4) is 17.1 Å². The monoisotopic (exact) mass is 544 g/mol. The molecular weight excluding hydrogens is 521 g/mol. The Morgan fingerprint density at radius 1 is 0.900 bits per heavy atom. The summed E-state index contributed by atoms with van der Waals surface area (Å²) in [5, 5.41) is 5.82. The van der Waals surface area contributed by atoms with Gasteiger partial charge < -0.3 is 15.2 Å². The molecule has 40 heavy (non-hydrogen) atoms. The second-order valence-corrected chi connectivity index (χ2v) is 9.02. The first-order chi connectivity index (χ1) is 19.1. The third-order valence-electron chi connectivity index (χ3n) is 6.08. The van der Waals surface area contributed by atoms with E-state index in [9.17, 15) is 18.0 Å². The van der Waals surface area contributed by atoms with Crippen molar-refractivity contribution >= 4 is 23.2 Å². The third-order valence-corrected chi connectivity index (χ3v) is 6.08. The number of imidazole rings is 1. The summed E-state index contributed by atoms with van der Waals surface area (Å²) in [6, 6.07) is 10.1. The lowest BCUT2D eigenvalue weighted by molar-refractivity contribution is -0.137. The number of hydrogen-bond donors (Lipinski definition) is 2. The molecule has 0 fully saturated rings. The van der Waals surface area contributed by atoms with Gasteiger partial charge in [-0.2, -0.15) is 13.2 Å². The molecule has 0 spiro atoms. The van der Waals surface area contributed by atoms with Gasteiger partial charge in [0.2, 0.25) is 5.95 Å². The number of rotatable bonds is 6. The molecule has 0 saturated heterocycles. The van der Waals surface area contributed by atoms with Crippen molar-refractivity contribution in [1.29, 1.82) is 0 Å². The summed E-state index contributed by atoms with van der Waals surface area (Å²) in [5.74, 6) is -0.202. The van der Waals surface area contributed by atoms with Crippen LogP contribution in [0.3, 0.4) is 0 Å². The summed E-state index contributed by atoms with van der Waals surface area (Å²) in [6.45, 7) is 5.37. The molecule has 2 aromatic carbocycles. The minimum Gasteiger partial charge on any atom is -0.324 e. The van der Waals surface area contributed by atoms with Crippen LogP contribution in [0, 0.1) is 20.8 Å². The van der Waals surface area contributed by atoms with Gasteiger partial charge in [-0.15, -0.1) is 0 Å². The Balaban J connectivity index is 1.40. The third kappa shape index (κ3) is 5.65. The molecule has 2 N–H and O–H groups in total. The molecule has 3 aromatic heterocycles. The number of alkyl halides is 3. The highest BCUT2D eigenvalue weighted by atomic mass is 19.4. The van der Waals surface area contributed by atoms with E-state index in [-0.39, 0.29) is 16.9 Å². The molecular formula is C28H23F3N8O. The Kier molecular flexibility index (Phi) is 6.99. The minimum atomic E-state index is -4.58. The molecule has 0 atom stereocenters. The van der Waals surface area contributed by atoms with Gasteiger partial charge in [-0.25, -0.2) is 15.0 Å². The Bertz CT molecular complexity index is 1710. The number of nitrogens with one attached hydrogen (secondary N) is 2. The average Bonchev–Trinajstić information content (AvgIpc) is 3.36. The van der Waals surface area contributed by atoms with Gasteiger partial charge in [0.15, 0.2) is 0 Å². The van der Waals surface area contributed by atoms with Crippen molar-refractivity contribution in [3.63, 3.8) is 0 Å². The lowest BCUT2D eigenvalue weighted by Gasteiger charge is -2.16. The van der Waals surface area contributed by atoms with Crippen molar-refractivity contribution in [1.82, 2.24) is 29.5 Å². The molecule has 5 rings (SSSR count). The predicted octanol–water partition coefficient (Wildman–Crippen LogP) is 6.06. The quantitative estimate of drug-likeness (QED) is 0.267. The van der Waals surface area contributed by atoms with Gasteiger partial charge in [0.1, 0.15) is 5.69 Å². The lowest BCUT2D eigenvalue weighted by atomic mass is 10.1. The molecule has 1 amide bonds. The molecule has 0 bridgehead atoms. The second-order valence-electron chi connectivity index (χ2n) is 9.02. The van der Waals surface area contributed by atoms with Crippen molar-refractivity contribution in [2.75, 3.05) is 10.6 Å². The molecule has 0 radical (unpaired) electrons. The van der Waals surface area contributed by atoms with Gasteiger partial charge in [0.25, 0.3) is 5.91 Å². The zero-order valence-corrected chi connectivity index (χ0v) is 21.7. The largest absolute Gasteiger partial charge is 0.418 e. The number of halogens is 3. The standard InChI is InChI=1S/C28H23F3N8O/c1-16-4-5-19(12-23(16)38-27-34-9-8-22(37-27)25-18(3)32-10-11-33-25)26(40)36-20-6-7-21(28(29,30)31)24(13-20)39-14-17(2)35-15-39/h4-15H,1-3H3,(H,36,40)(H,34,37,38). The van der Waals surface area contributed by atoms with E-state index in [2.05, 4.69) is 35.6 Å². The van der Waals surface area contributed by atoms with E-state index in [4.69, 9.17) is 0 Å². The lowest BCUT2D eigenvalue weighted by Crippen LogP contribution is -2.15. The number of benzene rings is 2. The van der Waals surface area contributed by atoms with Crippen molar-refractivity contribution in [2.24, 2.45) is 0 Å². The van der Waals surface area contributed by atoms with Crippen LogP contribution >= 0.6 is 0 Å². The highest BCUT2D eigenvalue weighted by Gasteiger charge is 2.34. The van der Waals surface area contributed by atoms with Crippen molar-refractivity contribution < 1.29 is 18.0 Å².